The highest BCUT2D eigenvalue weighted by molar-refractivity contribution is 5.90. The van der Waals surface area contributed by atoms with E-state index in [1.54, 1.807) is 12.4 Å². The Balaban J connectivity index is 1.55. The number of alkyl halides is 2. The summed E-state index contributed by atoms with van der Waals surface area (Å²) in [7, 11) is 3.96. The van der Waals surface area contributed by atoms with Crippen LogP contribution in [0.2, 0.25) is 0 Å². The van der Waals surface area contributed by atoms with Crippen LogP contribution in [0.25, 0.3) is 0 Å². The maximum absolute atomic E-state index is 15.8. The van der Waals surface area contributed by atoms with Crippen LogP contribution < -0.4 is 14.2 Å². The Bertz CT molecular complexity index is 1310. The highest BCUT2D eigenvalue weighted by Gasteiger charge is 2.49. The minimum absolute atomic E-state index is 0.00806. The van der Waals surface area contributed by atoms with Crippen molar-refractivity contribution in [3.63, 3.8) is 0 Å². The molecule has 42 heavy (non-hydrogen) atoms. The Morgan fingerprint density at radius 1 is 0.976 bits per heavy atom. The van der Waals surface area contributed by atoms with E-state index in [2.05, 4.69) is 4.98 Å². The molecule has 0 radical (unpaired) electrons. The van der Waals surface area contributed by atoms with Crippen molar-refractivity contribution < 1.29 is 37.3 Å². The van der Waals surface area contributed by atoms with E-state index in [9.17, 15) is 9.59 Å². The van der Waals surface area contributed by atoms with Crippen molar-refractivity contribution in [3.8, 4) is 17.2 Å². The average molecular weight is 583 g/mol. The predicted molar refractivity (Wildman–Crippen MR) is 152 cm³/mol. The molecule has 1 amide bonds. The average Bonchev–Trinajstić information content (AvgIpc) is 3.03. The summed E-state index contributed by atoms with van der Waals surface area (Å²) >= 11 is 0. The zero-order chi connectivity index (χ0) is 30.1. The molecule has 0 spiro atoms. The van der Waals surface area contributed by atoms with Crippen LogP contribution in [0, 0.1) is 0 Å². The molecule has 2 heterocycles. The fraction of sp³-hybridized carbons (Fsp3) is 0.406. The van der Waals surface area contributed by atoms with E-state index in [-0.39, 0.29) is 30.2 Å². The maximum Gasteiger partial charge on any atom is 0.350 e. The molecule has 0 saturated carbocycles. The van der Waals surface area contributed by atoms with E-state index in [0.29, 0.717) is 32.1 Å². The first-order chi connectivity index (χ1) is 20.3. The van der Waals surface area contributed by atoms with E-state index in [1.165, 1.54) is 21.3 Å². The van der Waals surface area contributed by atoms with Gasteiger partial charge in [-0.25, -0.2) is 4.79 Å². The van der Waals surface area contributed by atoms with E-state index < -0.39 is 35.5 Å². The number of carbonyl (C=O) groups is 2. The maximum atomic E-state index is 15.8. The van der Waals surface area contributed by atoms with Gasteiger partial charge in [0.1, 0.15) is 12.1 Å². The lowest BCUT2D eigenvalue weighted by Gasteiger charge is -2.37. The number of esters is 1. The zero-order valence-corrected chi connectivity index (χ0v) is 24.1. The first kappa shape index (κ1) is 30.7. The monoisotopic (exact) mass is 582 g/mol. The van der Waals surface area contributed by atoms with Crippen molar-refractivity contribution in [1.29, 1.82) is 0 Å². The molecule has 1 saturated heterocycles. The minimum Gasteiger partial charge on any atom is -0.493 e. The number of amides is 1. The third-order valence-corrected chi connectivity index (χ3v) is 7.40. The number of rotatable bonds is 12. The molecule has 1 aliphatic rings. The third-order valence-electron chi connectivity index (χ3n) is 7.40. The molecule has 8 nitrogen and oxygen atoms in total. The second-order valence-corrected chi connectivity index (χ2v) is 10.1. The van der Waals surface area contributed by atoms with E-state index in [0.717, 1.165) is 28.2 Å². The van der Waals surface area contributed by atoms with Crippen LogP contribution in [-0.2, 0) is 33.1 Å². The van der Waals surface area contributed by atoms with Crippen LogP contribution >= 0.6 is 0 Å². The van der Waals surface area contributed by atoms with Gasteiger partial charge in [-0.3, -0.25) is 9.78 Å². The van der Waals surface area contributed by atoms with Crippen LogP contribution in [-0.4, -0.2) is 61.8 Å². The normalized spacial score (nSPS) is 15.9. The summed E-state index contributed by atoms with van der Waals surface area (Å²) in [6.07, 6.45) is 5.84. The van der Waals surface area contributed by atoms with Crippen molar-refractivity contribution in [3.05, 3.63) is 83.7 Å². The van der Waals surface area contributed by atoms with E-state index >= 15 is 8.78 Å². The number of hydrogen-bond acceptors (Lipinski definition) is 7. The van der Waals surface area contributed by atoms with Gasteiger partial charge in [0.25, 0.3) is 5.91 Å². The van der Waals surface area contributed by atoms with Gasteiger partial charge in [0.05, 0.1) is 21.3 Å². The Morgan fingerprint density at radius 2 is 1.67 bits per heavy atom. The number of halogens is 2. The molecule has 1 aromatic heterocycles. The van der Waals surface area contributed by atoms with Crippen molar-refractivity contribution >= 4 is 11.9 Å². The van der Waals surface area contributed by atoms with Crippen LogP contribution in [0.3, 0.4) is 0 Å². The van der Waals surface area contributed by atoms with Crippen LogP contribution in [0.1, 0.15) is 42.4 Å². The standard InChI is InChI=1S/C32H36F2N2O6/c1-39-27-19-24(20-28(40-2)29(27)41-3)32(33,34)31(38)36-17-8-7-13-26(36)30(37)42-25(18-22-10-5-4-6-11-22)15-14-23-12-9-16-35-21-23/h4-6,9-12,16,19-21,25-26H,7-8,13-15,17-18H2,1-3H3/t25?,26-/m0/s1. The number of likely N-dealkylation sites (tertiary alicyclic amines) is 1. The molecule has 3 aromatic rings. The molecule has 1 unspecified atom stereocenters. The molecule has 0 aliphatic carbocycles. The lowest BCUT2D eigenvalue weighted by atomic mass is 9.98. The molecule has 4 rings (SSSR count). The summed E-state index contributed by atoms with van der Waals surface area (Å²) in [5, 5.41) is 0. The molecular formula is C32H36F2N2O6. The van der Waals surface area contributed by atoms with Gasteiger partial charge in [-0.2, -0.15) is 8.78 Å². The molecule has 224 valence electrons. The third kappa shape index (κ3) is 7.16. The molecule has 10 heteroatoms. The number of aromatic nitrogens is 1. The predicted octanol–water partition coefficient (Wildman–Crippen LogP) is 5.37. The number of pyridine rings is 1. The Hall–Kier alpha value is -4.21. The van der Waals surface area contributed by atoms with Gasteiger partial charge in [-0.15, -0.1) is 0 Å². The number of methoxy groups -OCH3 is 3. The van der Waals surface area contributed by atoms with Gasteiger partial charge in [0, 0.05) is 30.9 Å². The van der Waals surface area contributed by atoms with Crippen LogP contribution in [0.5, 0.6) is 17.2 Å². The number of aryl methyl sites for hydroxylation is 1. The Labute approximate surface area is 244 Å². The van der Waals surface area contributed by atoms with E-state index in [4.69, 9.17) is 18.9 Å². The lowest BCUT2D eigenvalue weighted by molar-refractivity contribution is -0.173. The first-order valence-electron chi connectivity index (χ1n) is 13.9. The number of carbonyl (C=O) groups excluding carboxylic acids is 2. The number of benzene rings is 2. The topological polar surface area (TPSA) is 87.2 Å². The Kier molecular flexibility index (Phi) is 10.3. The van der Waals surface area contributed by atoms with Crippen molar-refractivity contribution in [2.45, 2.75) is 56.6 Å². The van der Waals surface area contributed by atoms with Gasteiger partial charge in [-0.1, -0.05) is 36.4 Å². The number of hydrogen-bond donors (Lipinski definition) is 0. The summed E-state index contributed by atoms with van der Waals surface area (Å²) in [4.78, 5) is 32.1. The zero-order valence-electron chi connectivity index (χ0n) is 24.1. The summed E-state index contributed by atoms with van der Waals surface area (Å²) in [5.74, 6) is -6.02. The smallest absolute Gasteiger partial charge is 0.350 e. The molecule has 2 atom stereocenters. The van der Waals surface area contributed by atoms with Crippen molar-refractivity contribution in [2.75, 3.05) is 27.9 Å². The lowest BCUT2D eigenvalue weighted by Crippen LogP contribution is -2.53. The highest BCUT2D eigenvalue weighted by Crippen LogP contribution is 2.43. The van der Waals surface area contributed by atoms with Gasteiger partial charge in [0.2, 0.25) is 5.75 Å². The van der Waals surface area contributed by atoms with Crippen LogP contribution in [0.4, 0.5) is 8.78 Å². The second-order valence-electron chi connectivity index (χ2n) is 10.1. The number of ether oxygens (including phenoxy) is 4. The van der Waals surface area contributed by atoms with Gasteiger partial charge >= 0.3 is 11.9 Å². The van der Waals surface area contributed by atoms with Crippen molar-refractivity contribution in [1.82, 2.24) is 9.88 Å². The van der Waals surface area contributed by atoms with Gasteiger partial charge in [0.15, 0.2) is 11.5 Å². The molecule has 0 bridgehead atoms. The largest absolute Gasteiger partial charge is 0.493 e. The molecular weight excluding hydrogens is 546 g/mol. The number of piperidine rings is 1. The molecule has 1 aliphatic heterocycles. The minimum atomic E-state index is -3.97. The highest BCUT2D eigenvalue weighted by atomic mass is 19.3. The summed E-state index contributed by atoms with van der Waals surface area (Å²) in [6, 6.07) is 14.4. The van der Waals surface area contributed by atoms with E-state index in [1.807, 2.05) is 42.5 Å². The van der Waals surface area contributed by atoms with Crippen LogP contribution in [0.15, 0.2) is 67.0 Å². The van der Waals surface area contributed by atoms with Gasteiger partial charge in [-0.05, 0) is 61.4 Å². The number of nitrogens with zero attached hydrogens (tertiary/aromatic N) is 2. The first-order valence-corrected chi connectivity index (χ1v) is 13.9. The summed E-state index contributed by atoms with van der Waals surface area (Å²) < 4.78 is 53.2. The fourth-order valence-electron chi connectivity index (χ4n) is 5.18. The second kappa shape index (κ2) is 14.1. The fourth-order valence-corrected chi connectivity index (χ4v) is 5.18. The van der Waals surface area contributed by atoms with Gasteiger partial charge < -0.3 is 23.8 Å². The summed E-state index contributed by atoms with van der Waals surface area (Å²) in [6.45, 7) is 0.0116. The molecule has 1 fully saturated rings. The Morgan fingerprint density at radius 3 is 2.29 bits per heavy atom. The van der Waals surface area contributed by atoms with Crippen molar-refractivity contribution in [2.24, 2.45) is 0 Å². The molecule has 0 N–H and O–H groups in total. The SMILES string of the molecule is COc1cc(C(F)(F)C(=O)N2CCCC[C@H]2C(=O)OC(CCc2cccnc2)Cc2ccccc2)cc(OC)c1OC. The summed E-state index contributed by atoms with van der Waals surface area (Å²) in [5.41, 5.74) is 1.34. The quantitative estimate of drug-likeness (QED) is 0.266. The molecule has 2 aromatic carbocycles.